The summed E-state index contributed by atoms with van der Waals surface area (Å²) < 4.78 is 15.9. The van der Waals surface area contributed by atoms with E-state index in [1.165, 1.54) is 37.4 Å². The molecular formula is C28H26FN6O3P. The van der Waals surface area contributed by atoms with E-state index in [9.17, 15) is 14.0 Å². The molecule has 0 bridgehead atoms. The molecule has 0 saturated carbocycles. The smallest absolute Gasteiger partial charge is 0.278 e. The summed E-state index contributed by atoms with van der Waals surface area (Å²) in [4.78, 5) is 27.0. The zero-order chi connectivity index (χ0) is 28.7. The first kappa shape index (κ1) is 28.7. The molecule has 0 radical (unpaired) electrons. The number of nitriles is 1. The third kappa shape index (κ3) is 7.12. The summed E-state index contributed by atoms with van der Waals surface area (Å²) in [5.74, 6) is -1.13. The lowest BCUT2D eigenvalue weighted by Crippen LogP contribution is -2.21. The van der Waals surface area contributed by atoms with Gasteiger partial charge in [-0.05, 0) is 55.0 Å². The molecule has 4 rings (SSSR count). The van der Waals surface area contributed by atoms with Crippen molar-refractivity contribution in [3.05, 3.63) is 101 Å². The number of aromatic nitrogens is 1. The van der Waals surface area contributed by atoms with Gasteiger partial charge in [0.2, 0.25) is 5.91 Å². The number of rotatable bonds is 6. The number of aliphatic imine (C=N–C) groups is 1. The molecule has 0 aliphatic carbocycles. The Balaban J connectivity index is 0.000000293. The highest BCUT2D eigenvalue weighted by molar-refractivity contribution is 7.18. The van der Waals surface area contributed by atoms with Crippen molar-refractivity contribution < 1.29 is 19.1 Å². The highest BCUT2D eigenvalue weighted by atomic mass is 31.0. The first-order valence-corrected chi connectivity index (χ1v) is 12.1. The fourth-order valence-corrected chi connectivity index (χ4v) is 3.83. The van der Waals surface area contributed by atoms with Gasteiger partial charge in [-0.25, -0.2) is 4.39 Å². The van der Waals surface area contributed by atoms with Crippen molar-refractivity contribution in [3.63, 3.8) is 0 Å². The van der Waals surface area contributed by atoms with Gasteiger partial charge < -0.3 is 26.6 Å². The van der Waals surface area contributed by atoms with Gasteiger partial charge in [-0.2, -0.15) is 10.3 Å². The van der Waals surface area contributed by atoms with Crippen molar-refractivity contribution in [2.45, 2.75) is 18.9 Å². The Labute approximate surface area is 226 Å². The van der Waals surface area contributed by atoms with Gasteiger partial charge >= 0.3 is 0 Å². The molecule has 4 aromatic rings. The van der Waals surface area contributed by atoms with E-state index in [2.05, 4.69) is 14.2 Å². The van der Waals surface area contributed by atoms with Gasteiger partial charge in [0.15, 0.2) is 0 Å². The van der Waals surface area contributed by atoms with E-state index in [1.807, 2.05) is 35.0 Å². The number of alkyl halides is 1. The van der Waals surface area contributed by atoms with Crippen LogP contribution in [0, 0.1) is 16.7 Å². The van der Waals surface area contributed by atoms with Crippen molar-refractivity contribution >= 4 is 44.0 Å². The number of hydrogen-bond acceptors (Lipinski definition) is 5. The average Bonchev–Trinajstić information content (AvgIpc) is 3.31. The fraction of sp³-hybridized carbons (Fsp3) is 0.107. The zero-order valence-electron chi connectivity index (χ0n) is 20.9. The number of hydrogen-bond donors (Lipinski definition) is 4. The van der Waals surface area contributed by atoms with Crippen LogP contribution in [0.4, 0.5) is 4.39 Å². The maximum Gasteiger partial charge on any atom is 0.278 e. The number of amides is 2. The average molecular weight is 545 g/mol. The summed E-state index contributed by atoms with van der Waals surface area (Å²) in [6.45, 7) is 1.64. The number of benzene rings is 3. The molecule has 11 heteroatoms. The van der Waals surface area contributed by atoms with Crippen LogP contribution in [0.3, 0.4) is 0 Å². The topological polar surface area (TPSA) is 171 Å². The number of carbonyl (C=O) groups is 2. The molecule has 198 valence electrons. The molecule has 2 atom stereocenters. The van der Waals surface area contributed by atoms with Gasteiger partial charge in [0.1, 0.15) is 23.1 Å². The second kappa shape index (κ2) is 12.1. The molecule has 0 saturated heterocycles. The standard InChI is InChI=1S/C20H20FN4OP.C8H6N2O2/c1-20(21,27)15-6-2-4-13(10-15)19(26)24-18(23)12-25-9-8-16-14(11-22)5-3-7-17(16)25;9-4-6-3-5(8(10)12)1-2-7(6)11/h2-11,22H,12,27H2,1H3,(H2,23,24,26);1-3,11H,(H2,10,12). The lowest BCUT2D eigenvalue weighted by molar-refractivity contribution is 0.0992. The van der Waals surface area contributed by atoms with Crippen molar-refractivity contribution in [2.24, 2.45) is 16.5 Å². The normalized spacial score (nSPS) is 12.5. The fourth-order valence-electron chi connectivity index (χ4n) is 3.65. The van der Waals surface area contributed by atoms with Crippen LogP contribution in [-0.4, -0.2) is 33.5 Å². The van der Waals surface area contributed by atoms with Gasteiger partial charge in [0.25, 0.3) is 5.91 Å². The van der Waals surface area contributed by atoms with E-state index >= 15 is 0 Å². The van der Waals surface area contributed by atoms with Crippen molar-refractivity contribution in [1.82, 2.24) is 4.57 Å². The van der Waals surface area contributed by atoms with E-state index in [0.717, 1.165) is 16.5 Å². The number of amidine groups is 1. The minimum Gasteiger partial charge on any atom is -0.507 e. The van der Waals surface area contributed by atoms with Crippen LogP contribution in [0.15, 0.2) is 77.9 Å². The number of phenols is 1. The van der Waals surface area contributed by atoms with Crippen LogP contribution in [0.1, 0.15) is 44.3 Å². The number of fused-ring (bicyclic) bond motifs is 1. The van der Waals surface area contributed by atoms with Crippen LogP contribution in [0.2, 0.25) is 0 Å². The van der Waals surface area contributed by atoms with Crippen molar-refractivity contribution in [3.8, 4) is 11.8 Å². The Kier molecular flexibility index (Phi) is 8.92. The molecule has 6 N–H and O–H groups in total. The second-order valence-corrected chi connectivity index (χ2v) is 9.72. The Bertz CT molecular complexity index is 1630. The number of phenolic OH excluding ortho intramolecular Hbond substituents is 1. The Hall–Kier alpha value is -4.87. The highest BCUT2D eigenvalue weighted by Gasteiger charge is 2.20. The van der Waals surface area contributed by atoms with Crippen LogP contribution in [0.5, 0.6) is 5.75 Å². The Morgan fingerprint density at radius 1 is 1.15 bits per heavy atom. The van der Waals surface area contributed by atoms with Gasteiger partial charge in [-0.3, -0.25) is 9.59 Å². The third-order valence-corrected chi connectivity index (χ3v) is 5.99. The highest BCUT2D eigenvalue weighted by Crippen LogP contribution is 2.32. The molecule has 1 aromatic heterocycles. The molecular weight excluding hydrogens is 518 g/mol. The molecule has 0 spiro atoms. The first-order valence-electron chi connectivity index (χ1n) is 11.5. The number of nitrogens with one attached hydrogen (secondary N) is 1. The van der Waals surface area contributed by atoms with Crippen LogP contribution in [0.25, 0.3) is 10.9 Å². The molecule has 39 heavy (non-hydrogen) atoms. The summed E-state index contributed by atoms with van der Waals surface area (Å²) >= 11 is 0. The predicted octanol–water partition coefficient (Wildman–Crippen LogP) is 4.22. The number of nitrogens with zero attached hydrogens (tertiary/aromatic N) is 3. The summed E-state index contributed by atoms with van der Waals surface area (Å²) in [5.41, 5.74) is 13.6. The zero-order valence-corrected chi connectivity index (χ0v) is 22.1. The van der Waals surface area contributed by atoms with Crippen LogP contribution in [-0.2, 0) is 12.0 Å². The van der Waals surface area contributed by atoms with E-state index < -0.39 is 17.2 Å². The molecule has 9 nitrogen and oxygen atoms in total. The van der Waals surface area contributed by atoms with Crippen molar-refractivity contribution in [1.29, 1.82) is 10.7 Å². The van der Waals surface area contributed by atoms with Gasteiger partial charge in [-0.1, -0.05) is 33.5 Å². The molecule has 0 fully saturated rings. The predicted molar refractivity (Wildman–Crippen MR) is 152 cm³/mol. The molecule has 3 aromatic carbocycles. The Morgan fingerprint density at radius 3 is 2.51 bits per heavy atom. The minimum absolute atomic E-state index is 0.0475. The van der Waals surface area contributed by atoms with Gasteiger partial charge in [0.05, 0.1) is 12.1 Å². The molecule has 0 aliphatic rings. The van der Waals surface area contributed by atoms with E-state index in [1.54, 1.807) is 24.3 Å². The van der Waals surface area contributed by atoms with Crippen LogP contribution < -0.4 is 11.5 Å². The van der Waals surface area contributed by atoms with E-state index in [-0.39, 0.29) is 34.8 Å². The monoisotopic (exact) mass is 544 g/mol. The Morgan fingerprint density at radius 2 is 1.87 bits per heavy atom. The molecule has 2 amide bonds. The lowest BCUT2D eigenvalue weighted by Gasteiger charge is -2.14. The van der Waals surface area contributed by atoms with Gasteiger partial charge in [-0.15, -0.1) is 0 Å². The van der Waals surface area contributed by atoms with E-state index in [0.29, 0.717) is 5.56 Å². The molecule has 1 heterocycles. The molecule has 2 unspecified atom stereocenters. The van der Waals surface area contributed by atoms with Gasteiger partial charge in [0, 0.05) is 40.0 Å². The van der Waals surface area contributed by atoms with Crippen LogP contribution >= 0.6 is 9.24 Å². The minimum atomic E-state index is -1.62. The number of halogens is 1. The lowest BCUT2D eigenvalue weighted by atomic mass is 10.1. The number of aromatic hydroxyl groups is 1. The number of primary amides is 1. The summed E-state index contributed by atoms with van der Waals surface area (Å²) in [6.07, 6.45) is 3.14. The largest absolute Gasteiger partial charge is 0.507 e. The summed E-state index contributed by atoms with van der Waals surface area (Å²) in [7, 11) is 2.10. The second-order valence-electron chi connectivity index (χ2n) is 8.64. The van der Waals surface area contributed by atoms with Crippen molar-refractivity contribution in [2.75, 3.05) is 0 Å². The maximum absolute atomic E-state index is 14.1. The van der Waals surface area contributed by atoms with E-state index in [4.69, 9.17) is 27.2 Å². The number of carbonyl (C=O) groups excluding carboxylic acids is 2. The summed E-state index contributed by atoms with van der Waals surface area (Å²) in [6, 6.07) is 19.4. The SMILES string of the molecule is CC(F)(P)c1cccc(C(=O)N=C(N)Cn2ccc3c(C=N)cccc32)c1.N#Cc1cc(C(N)=O)ccc1O. The maximum atomic E-state index is 14.1. The quantitative estimate of drug-likeness (QED) is 0.161. The first-order chi connectivity index (χ1) is 18.4. The molecule has 0 aliphatic heterocycles. The number of nitrogens with two attached hydrogens (primary N) is 2. The third-order valence-electron chi connectivity index (χ3n) is 5.66. The summed E-state index contributed by atoms with van der Waals surface area (Å²) in [5, 5.41) is 24.3.